The van der Waals surface area contributed by atoms with Crippen molar-refractivity contribution in [2.75, 3.05) is 19.0 Å². The number of hydrogen-bond donors (Lipinski definition) is 2. The molecule has 1 atom stereocenters. The fourth-order valence-corrected chi connectivity index (χ4v) is 3.74. The summed E-state index contributed by atoms with van der Waals surface area (Å²) in [5.41, 5.74) is 3.90. The molecule has 4 rings (SSSR count). The summed E-state index contributed by atoms with van der Waals surface area (Å²) >= 11 is 0. The first kappa shape index (κ1) is 20.8. The maximum atomic E-state index is 11.4. The summed E-state index contributed by atoms with van der Waals surface area (Å²) in [5.74, 6) is 0.559. The lowest BCUT2D eigenvalue weighted by Crippen LogP contribution is -2.18. The molecular formula is C22H26N6O3. The molecule has 1 aliphatic rings. The van der Waals surface area contributed by atoms with E-state index < -0.39 is 12.0 Å². The van der Waals surface area contributed by atoms with E-state index in [0.717, 1.165) is 61.4 Å². The molecule has 0 bridgehead atoms. The van der Waals surface area contributed by atoms with Crippen LogP contribution in [0.15, 0.2) is 36.7 Å². The molecule has 162 valence electrons. The van der Waals surface area contributed by atoms with Gasteiger partial charge >= 0.3 is 5.97 Å². The molecule has 1 aliphatic heterocycles. The number of carboxylic acid groups (broad SMARTS) is 1. The van der Waals surface area contributed by atoms with E-state index in [-0.39, 0.29) is 6.42 Å². The van der Waals surface area contributed by atoms with E-state index in [1.807, 2.05) is 0 Å². The van der Waals surface area contributed by atoms with Crippen molar-refractivity contribution in [2.45, 2.75) is 44.6 Å². The minimum atomic E-state index is -0.924. The van der Waals surface area contributed by atoms with Gasteiger partial charge in [0.2, 0.25) is 5.88 Å². The lowest BCUT2D eigenvalue weighted by Gasteiger charge is -2.17. The first-order valence-corrected chi connectivity index (χ1v) is 10.5. The number of pyridine rings is 2. The van der Waals surface area contributed by atoms with E-state index in [1.54, 1.807) is 24.5 Å². The normalized spacial score (nSPS) is 13.8. The SMILES string of the molecule is COc1ccc(C(CC(=O)O)n2ncc(CCCc3ccc4c(n3)NCCC4)n2)cn1. The summed E-state index contributed by atoms with van der Waals surface area (Å²) < 4.78 is 5.08. The zero-order valence-corrected chi connectivity index (χ0v) is 17.5. The Kier molecular flexibility index (Phi) is 6.40. The molecule has 1 unspecified atom stereocenters. The Hall–Kier alpha value is -3.49. The third kappa shape index (κ3) is 5.17. The van der Waals surface area contributed by atoms with Crippen LogP contribution in [-0.4, -0.2) is 49.7 Å². The van der Waals surface area contributed by atoms with E-state index in [0.29, 0.717) is 5.88 Å². The number of carboxylic acids is 1. The molecule has 2 N–H and O–H groups in total. The van der Waals surface area contributed by atoms with Gasteiger partial charge in [0.15, 0.2) is 0 Å². The van der Waals surface area contributed by atoms with Crippen LogP contribution in [0.5, 0.6) is 5.88 Å². The van der Waals surface area contributed by atoms with Crippen LogP contribution in [0.1, 0.15) is 47.8 Å². The number of carbonyl (C=O) groups is 1. The first-order valence-electron chi connectivity index (χ1n) is 10.5. The molecular weight excluding hydrogens is 396 g/mol. The second-order valence-electron chi connectivity index (χ2n) is 7.60. The monoisotopic (exact) mass is 422 g/mol. The molecule has 0 fully saturated rings. The van der Waals surface area contributed by atoms with Gasteiger partial charge in [0, 0.05) is 24.5 Å². The minimum absolute atomic E-state index is 0.131. The Morgan fingerprint density at radius 1 is 1.23 bits per heavy atom. The van der Waals surface area contributed by atoms with Crippen molar-refractivity contribution in [3.8, 4) is 5.88 Å². The van der Waals surface area contributed by atoms with Crippen LogP contribution in [0.3, 0.4) is 0 Å². The molecule has 0 saturated carbocycles. The highest BCUT2D eigenvalue weighted by atomic mass is 16.5. The van der Waals surface area contributed by atoms with Gasteiger partial charge < -0.3 is 15.2 Å². The number of rotatable bonds is 9. The predicted octanol–water partition coefficient (Wildman–Crippen LogP) is 2.67. The molecule has 9 nitrogen and oxygen atoms in total. The van der Waals surface area contributed by atoms with Crippen molar-refractivity contribution in [2.24, 2.45) is 0 Å². The molecule has 3 aromatic rings. The number of aryl methyl sites for hydroxylation is 3. The topological polar surface area (TPSA) is 115 Å². The van der Waals surface area contributed by atoms with Crippen LogP contribution in [0, 0.1) is 0 Å². The van der Waals surface area contributed by atoms with Gasteiger partial charge in [-0.05, 0) is 55.4 Å². The second kappa shape index (κ2) is 9.55. The Balaban J connectivity index is 1.40. The van der Waals surface area contributed by atoms with Crippen molar-refractivity contribution < 1.29 is 14.6 Å². The molecule has 0 aromatic carbocycles. The predicted molar refractivity (Wildman–Crippen MR) is 114 cm³/mol. The highest BCUT2D eigenvalue weighted by Gasteiger charge is 2.21. The van der Waals surface area contributed by atoms with Gasteiger partial charge in [0.1, 0.15) is 11.9 Å². The molecule has 9 heteroatoms. The van der Waals surface area contributed by atoms with Crippen LogP contribution in [0.2, 0.25) is 0 Å². The number of methoxy groups -OCH3 is 1. The fourth-order valence-electron chi connectivity index (χ4n) is 3.74. The number of hydrogen-bond acceptors (Lipinski definition) is 7. The smallest absolute Gasteiger partial charge is 0.305 e. The molecule has 0 spiro atoms. The molecule has 3 aromatic heterocycles. The van der Waals surface area contributed by atoms with E-state index >= 15 is 0 Å². The van der Waals surface area contributed by atoms with Crippen LogP contribution in [0.25, 0.3) is 0 Å². The first-order chi connectivity index (χ1) is 15.1. The lowest BCUT2D eigenvalue weighted by atomic mass is 10.1. The summed E-state index contributed by atoms with van der Waals surface area (Å²) in [6, 6.07) is 7.23. The van der Waals surface area contributed by atoms with Crippen LogP contribution < -0.4 is 10.1 Å². The number of nitrogens with one attached hydrogen (secondary N) is 1. The summed E-state index contributed by atoms with van der Waals surface area (Å²) in [4.78, 5) is 21.8. The van der Waals surface area contributed by atoms with Crippen molar-refractivity contribution in [1.29, 1.82) is 0 Å². The average molecular weight is 422 g/mol. The Labute approximate surface area is 180 Å². The third-order valence-corrected chi connectivity index (χ3v) is 5.37. The molecule has 4 heterocycles. The number of ether oxygens (including phenoxy) is 1. The Bertz CT molecular complexity index is 1030. The number of aromatic nitrogens is 5. The maximum absolute atomic E-state index is 11.4. The van der Waals surface area contributed by atoms with Gasteiger partial charge in [-0.1, -0.05) is 6.07 Å². The molecule has 0 radical (unpaired) electrons. The maximum Gasteiger partial charge on any atom is 0.305 e. The van der Waals surface area contributed by atoms with E-state index in [9.17, 15) is 9.90 Å². The molecule has 31 heavy (non-hydrogen) atoms. The summed E-state index contributed by atoms with van der Waals surface area (Å²) in [5, 5.41) is 21.6. The van der Waals surface area contributed by atoms with Gasteiger partial charge in [0.05, 0.1) is 25.4 Å². The molecule has 0 saturated heterocycles. The van der Waals surface area contributed by atoms with Crippen molar-refractivity contribution in [3.63, 3.8) is 0 Å². The number of nitrogens with zero attached hydrogens (tertiary/aromatic N) is 5. The standard InChI is InChI=1S/C22H26N6O3/c1-31-20-10-8-16(13-24-20)19(12-21(29)30)28-25-14-18(27-28)6-2-5-17-9-7-15-4-3-11-23-22(15)26-17/h7-10,13-14,19H,2-6,11-12H2,1H3,(H,23,26)(H,29,30). The van der Waals surface area contributed by atoms with Gasteiger partial charge in [-0.2, -0.15) is 15.0 Å². The van der Waals surface area contributed by atoms with Crippen molar-refractivity contribution >= 4 is 11.8 Å². The second-order valence-corrected chi connectivity index (χ2v) is 7.60. The average Bonchev–Trinajstić information content (AvgIpc) is 3.26. The highest BCUT2D eigenvalue weighted by molar-refractivity contribution is 5.68. The summed E-state index contributed by atoms with van der Waals surface area (Å²) in [7, 11) is 1.54. The van der Waals surface area contributed by atoms with Gasteiger partial charge in [-0.3, -0.25) is 4.79 Å². The summed E-state index contributed by atoms with van der Waals surface area (Å²) in [6.07, 6.45) is 7.89. The molecule has 0 amide bonds. The van der Waals surface area contributed by atoms with Crippen LogP contribution in [0.4, 0.5) is 5.82 Å². The van der Waals surface area contributed by atoms with E-state index in [2.05, 4.69) is 32.6 Å². The Morgan fingerprint density at radius 2 is 2.10 bits per heavy atom. The van der Waals surface area contributed by atoms with Gasteiger partial charge in [0.25, 0.3) is 0 Å². The third-order valence-electron chi connectivity index (χ3n) is 5.37. The van der Waals surface area contributed by atoms with Crippen molar-refractivity contribution in [3.05, 3.63) is 59.2 Å². The fraction of sp³-hybridized carbons (Fsp3) is 0.409. The van der Waals surface area contributed by atoms with Crippen LogP contribution >= 0.6 is 0 Å². The van der Waals surface area contributed by atoms with E-state index in [1.165, 1.54) is 17.5 Å². The zero-order valence-electron chi connectivity index (χ0n) is 17.5. The quantitative estimate of drug-likeness (QED) is 0.541. The molecule has 0 aliphatic carbocycles. The number of anilines is 1. The highest BCUT2D eigenvalue weighted by Crippen LogP contribution is 2.23. The minimum Gasteiger partial charge on any atom is -0.481 e. The van der Waals surface area contributed by atoms with Gasteiger partial charge in [-0.15, -0.1) is 0 Å². The number of aliphatic carboxylic acids is 1. The Morgan fingerprint density at radius 3 is 2.87 bits per heavy atom. The number of fused-ring (bicyclic) bond motifs is 1. The van der Waals surface area contributed by atoms with Crippen molar-refractivity contribution in [1.82, 2.24) is 25.0 Å². The van der Waals surface area contributed by atoms with E-state index in [4.69, 9.17) is 9.72 Å². The summed E-state index contributed by atoms with van der Waals surface area (Å²) in [6.45, 7) is 0.980. The largest absolute Gasteiger partial charge is 0.481 e. The van der Waals surface area contributed by atoms with Crippen LogP contribution in [-0.2, 0) is 24.1 Å². The zero-order chi connectivity index (χ0) is 21.6. The van der Waals surface area contributed by atoms with Gasteiger partial charge in [-0.25, -0.2) is 9.97 Å². The lowest BCUT2D eigenvalue weighted by molar-refractivity contribution is -0.137.